The van der Waals surface area contributed by atoms with Crippen LogP contribution in [0.5, 0.6) is 0 Å². The van der Waals surface area contributed by atoms with Gasteiger partial charge in [-0.3, -0.25) is 0 Å². The Morgan fingerprint density at radius 2 is 0.871 bits per heavy atom. The van der Waals surface area contributed by atoms with Gasteiger partial charge in [-0.2, -0.15) is 0 Å². The van der Waals surface area contributed by atoms with Crippen molar-refractivity contribution in [2.45, 2.75) is 5.41 Å². The highest BCUT2D eigenvalue weighted by Crippen LogP contribution is 2.58. The van der Waals surface area contributed by atoms with Gasteiger partial charge < -0.3 is 0 Å². The highest BCUT2D eigenvalue weighted by molar-refractivity contribution is 7.25. The average Bonchev–Trinajstić information content (AvgIpc) is 3.88. The third-order valence-electron chi connectivity index (χ3n) is 12.6. The van der Waals surface area contributed by atoms with Crippen LogP contribution in [-0.2, 0) is 5.41 Å². The van der Waals surface area contributed by atoms with Crippen LogP contribution in [0.1, 0.15) is 22.3 Å². The van der Waals surface area contributed by atoms with E-state index < -0.39 is 5.41 Å². The highest BCUT2D eigenvalue weighted by atomic mass is 32.1. The predicted molar refractivity (Wildman–Crippen MR) is 259 cm³/mol. The van der Waals surface area contributed by atoms with Crippen LogP contribution < -0.4 is 0 Å². The Labute approximate surface area is 365 Å². The van der Waals surface area contributed by atoms with Gasteiger partial charge >= 0.3 is 0 Å². The van der Waals surface area contributed by atoms with Gasteiger partial charge in [-0.25, -0.2) is 9.97 Å². The maximum atomic E-state index is 5.35. The molecule has 0 bridgehead atoms. The van der Waals surface area contributed by atoms with Crippen LogP contribution in [0, 0.1) is 0 Å². The summed E-state index contributed by atoms with van der Waals surface area (Å²) in [6.07, 6.45) is 0. The topological polar surface area (TPSA) is 25.8 Å². The number of hydrogen-bond donors (Lipinski definition) is 0. The molecule has 0 N–H and O–H groups in total. The van der Waals surface area contributed by atoms with Crippen molar-refractivity contribution in [2.75, 3.05) is 0 Å². The van der Waals surface area contributed by atoms with Gasteiger partial charge in [0.05, 0.1) is 16.8 Å². The molecular weight excluding hydrogens is 769 g/mol. The van der Waals surface area contributed by atoms with Gasteiger partial charge in [-0.1, -0.05) is 212 Å². The molecule has 2 aromatic heterocycles. The molecule has 0 fully saturated rings. The minimum absolute atomic E-state index is 0.488. The Balaban J connectivity index is 1.01. The Kier molecular flexibility index (Phi) is 8.62. The number of nitrogens with zero attached hydrogens (tertiary/aromatic N) is 2. The average molecular weight is 807 g/mol. The number of rotatable bonds is 7. The van der Waals surface area contributed by atoms with Crippen molar-refractivity contribution >= 4 is 31.5 Å². The normalized spacial score (nSPS) is 12.6. The molecule has 12 rings (SSSR count). The van der Waals surface area contributed by atoms with Crippen LogP contribution in [0.4, 0.5) is 0 Å². The minimum atomic E-state index is -0.488. The maximum absolute atomic E-state index is 5.35. The summed E-state index contributed by atoms with van der Waals surface area (Å²) < 4.78 is 2.62. The molecule has 0 saturated carbocycles. The van der Waals surface area contributed by atoms with E-state index in [0.29, 0.717) is 5.82 Å². The Bertz CT molecular complexity index is 3400. The Morgan fingerprint density at radius 1 is 0.323 bits per heavy atom. The molecule has 9 aromatic carbocycles. The van der Waals surface area contributed by atoms with Crippen LogP contribution in [0.25, 0.3) is 87.5 Å². The summed E-state index contributed by atoms with van der Waals surface area (Å²) in [6, 6.07) is 83.4. The summed E-state index contributed by atoms with van der Waals surface area (Å²) in [7, 11) is 0. The van der Waals surface area contributed by atoms with Crippen LogP contribution in [0.3, 0.4) is 0 Å². The molecule has 0 radical (unpaired) electrons. The number of hydrogen-bond acceptors (Lipinski definition) is 3. The molecule has 1 aliphatic carbocycles. The summed E-state index contributed by atoms with van der Waals surface area (Å²) in [5, 5.41) is 2.63. The number of benzene rings is 9. The van der Waals surface area contributed by atoms with Crippen LogP contribution in [0.15, 0.2) is 231 Å². The molecule has 0 unspecified atom stereocenters. The van der Waals surface area contributed by atoms with E-state index in [2.05, 4.69) is 224 Å². The largest absolute Gasteiger partial charge is 0.228 e. The highest BCUT2D eigenvalue weighted by Gasteiger charge is 2.46. The number of aromatic nitrogens is 2. The van der Waals surface area contributed by atoms with E-state index in [-0.39, 0.29) is 0 Å². The van der Waals surface area contributed by atoms with Gasteiger partial charge in [0, 0.05) is 36.9 Å². The number of fused-ring (bicyclic) bond motifs is 6. The molecule has 290 valence electrons. The van der Waals surface area contributed by atoms with Crippen molar-refractivity contribution in [2.24, 2.45) is 0 Å². The van der Waals surface area contributed by atoms with E-state index >= 15 is 0 Å². The van der Waals surface area contributed by atoms with Crippen LogP contribution in [0.2, 0.25) is 0 Å². The Hall–Kier alpha value is -7.72. The summed E-state index contributed by atoms with van der Waals surface area (Å²) >= 11 is 1.85. The van der Waals surface area contributed by atoms with Crippen molar-refractivity contribution in [1.82, 2.24) is 9.97 Å². The van der Waals surface area contributed by atoms with E-state index in [4.69, 9.17) is 9.97 Å². The molecule has 11 aromatic rings. The van der Waals surface area contributed by atoms with Gasteiger partial charge in [0.2, 0.25) is 0 Å². The predicted octanol–water partition coefficient (Wildman–Crippen LogP) is 15.5. The molecular formula is C59H38N2S. The third-order valence-corrected chi connectivity index (χ3v) is 13.8. The van der Waals surface area contributed by atoms with Crippen molar-refractivity contribution in [1.29, 1.82) is 0 Å². The molecule has 1 aliphatic rings. The van der Waals surface area contributed by atoms with Gasteiger partial charge in [-0.05, 0) is 73.8 Å². The van der Waals surface area contributed by atoms with E-state index in [1.165, 1.54) is 70.2 Å². The quantitative estimate of drug-likeness (QED) is 0.160. The second-order valence-electron chi connectivity index (χ2n) is 16.0. The summed E-state index contributed by atoms with van der Waals surface area (Å²) in [5.41, 5.74) is 16.6. The zero-order valence-corrected chi connectivity index (χ0v) is 34.6. The molecule has 0 amide bonds. The molecule has 0 saturated heterocycles. The second-order valence-corrected chi connectivity index (χ2v) is 17.1. The van der Waals surface area contributed by atoms with Crippen molar-refractivity contribution in [3.63, 3.8) is 0 Å². The third kappa shape index (κ3) is 5.78. The van der Waals surface area contributed by atoms with Gasteiger partial charge in [0.15, 0.2) is 5.82 Å². The molecule has 0 spiro atoms. The minimum Gasteiger partial charge on any atom is -0.228 e. The van der Waals surface area contributed by atoms with E-state index in [1.807, 2.05) is 17.4 Å². The first-order valence-electron chi connectivity index (χ1n) is 21.1. The lowest BCUT2D eigenvalue weighted by molar-refractivity contribution is 0.768. The smallest absolute Gasteiger partial charge is 0.160 e. The lowest BCUT2D eigenvalue weighted by atomic mass is 9.67. The zero-order valence-electron chi connectivity index (χ0n) is 33.7. The second kappa shape index (κ2) is 14.8. The first-order chi connectivity index (χ1) is 30.7. The van der Waals surface area contributed by atoms with Crippen LogP contribution in [-0.4, -0.2) is 9.97 Å². The number of thiophene rings is 1. The van der Waals surface area contributed by atoms with Crippen molar-refractivity contribution in [3.05, 3.63) is 253 Å². The molecule has 2 nitrogen and oxygen atoms in total. The Morgan fingerprint density at radius 3 is 1.63 bits per heavy atom. The standard InChI is InChI=1S/C59H38N2S/c1-4-17-41(18-5-1)58-60-53(40-33-31-39(32-34-40)42-35-36-48-47-25-13-15-30-55(47)62-56(48)37-42)38-54(61-58)46-24-11-10-23-45(46)49-27-16-29-52-57(49)50-26-12-14-28-51(50)59(52,43-19-6-2-7-20-43)44-21-8-3-9-22-44/h1-38H. The molecule has 0 aliphatic heterocycles. The summed E-state index contributed by atoms with van der Waals surface area (Å²) in [6.45, 7) is 0. The van der Waals surface area contributed by atoms with E-state index in [1.54, 1.807) is 0 Å². The fraction of sp³-hybridized carbons (Fsp3) is 0.0169. The fourth-order valence-corrected chi connectivity index (χ4v) is 11.0. The first kappa shape index (κ1) is 36.2. The zero-order chi connectivity index (χ0) is 41.0. The SMILES string of the molecule is c1ccc(-c2nc(-c3ccc(-c4ccc5c(c4)sc4ccccc45)cc3)cc(-c3ccccc3-c3cccc4c3-c3ccccc3C4(c3ccccc3)c3ccccc3)n2)cc1. The fourth-order valence-electron chi connectivity index (χ4n) is 9.85. The summed E-state index contributed by atoms with van der Waals surface area (Å²) in [5.74, 6) is 0.697. The lowest BCUT2D eigenvalue weighted by Gasteiger charge is -2.34. The van der Waals surface area contributed by atoms with E-state index in [9.17, 15) is 0 Å². The van der Waals surface area contributed by atoms with Crippen molar-refractivity contribution < 1.29 is 0 Å². The lowest BCUT2D eigenvalue weighted by Crippen LogP contribution is -2.28. The monoisotopic (exact) mass is 806 g/mol. The van der Waals surface area contributed by atoms with E-state index in [0.717, 1.165) is 33.6 Å². The maximum Gasteiger partial charge on any atom is 0.160 e. The summed E-state index contributed by atoms with van der Waals surface area (Å²) in [4.78, 5) is 10.6. The van der Waals surface area contributed by atoms with Crippen molar-refractivity contribution in [3.8, 4) is 67.3 Å². The molecule has 2 heterocycles. The molecule has 3 heteroatoms. The van der Waals surface area contributed by atoms with Gasteiger partial charge in [0.25, 0.3) is 0 Å². The van der Waals surface area contributed by atoms with Gasteiger partial charge in [0.1, 0.15) is 0 Å². The van der Waals surface area contributed by atoms with Crippen LogP contribution >= 0.6 is 11.3 Å². The molecule has 0 atom stereocenters. The van der Waals surface area contributed by atoms with Gasteiger partial charge in [-0.15, -0.1) is 11.3 Å². The molecule has 62 heavy (non-hydrogen) atoms. The first-order valence-corrected chi connectivity index (χ1v) is 22.0.